The third-order valence-electron chi connectivity index (χ3n) is 3.58. The molecule has 2 aromatic carbocycles. The Bertz CT molecular complexity index is 844. The van der Waals surface area contributed by atoms with Gasteiger partial charge >= 0.3 is 0 Å². The topological polar surface area (TPSA) is 65.4 Å². The summed E-state index contributed by atoms with van der Waals surface area (Å²) in [6.07, 6.45) is 5.19. The monoisotopic (exact) mass is 323 g/mol. The number of rotatable bonds is 5. The highest BCUT2D eigenvalue weighted by Gasteiger charge is 2.13. The Morgan fingerprint density at radius 3 is 2.58 bits per heavy atom. The molecule has 1 aromatic heterocycles. The van der Waals surface area contributed by atoms with Crippen LogP contribution in [0.1, 0.15) is 10.4 Å². The first-order valence-corrected chi connectivity index (χ1v) is 7.33. The van der Waals surface area contributed by atoms with Crippen LogP contribution in [0.15, 0.2) is 61.2 Å². The summed E-state index contributed by atoms with van der Waals surface area (Å²) in [5, 5.41) is 2.92. The molecule has 1 amide bonds. The SMILES string of the molecule is COc1ccc(C(=O)Nc2ccccc2-n2ccnc2)cc1OC. The van der Waals surface area contributed by atoms with Gasteiger partial charge in [0.1, 0.15) is 0 Å². The Morgan fingerprint density at radius 1 is 1.08 bits per heavy atom. The van der Waals surface area contributed by atoms with Crippen LogP contribution in [0.5, 0.6) is 11.5 Å². The summed E-state index contributed by atoms with van der Waals surface area (Å²) < 4.78 is 12.3. The molecule has 0 saturated carbocycles. The molecule has 1 heterocycles. The number of nitrogens with one attached hydrogen (secondary N) is 1. The van der Waals surface area contributed by atoms with E-state index < -0.39 is 0 Å². The van der Waals surface area contributed by atoms with Gasteiger partial charge in [-0.2, -0.15) is 0 Å². The van der Waals surface area contributed by atoms with Gasteiger partial charge in [-0.15, -0.1) is 0 Å². The molecule has 1 N–H and O–H groups in total. The zero-order chi connectivity index (χ0) is 16.9. The molecule has 3 aromatic rings. The van der Waals surface area contributed by atoms with Crippen molar-refractivity contribution in [2.45, 2.75) is 0 Å². The lowest BCUT2D eigenvalue weighted by Crippen LogP contribution is -2.13. The third kappa shape index (κ3) is 3.08. The number of aromatic nitrogens is 2. The zero-order valence-electron chi connectivity index (χ0n) is 13.4. The van der Waals surface area contributed by atoms with Gasteiger partial charge in [-0.3, -0.25) is 4.79 Å². The molecule has 0 radical (unpaired) electrons. The fraction of sp³-hybridized carbons (Fsp3) is 0.111. The van der Waals surface area contributed by atoms with Gasteiger partial charge in [-0.05, 0) is 30.3 Å². The molecular weight excluding hydrogens is 306 g/mol. The van der Waals surface area contributed by atoms with Gasteiger partial charge in [0.2, 0.25) is 0 Å². The van der Waals surface area contributed by atoms with Crippen molar-refractivity contribution in [2.75, 3.05) is 19.5 Å². The van der Waals surface area contributed by atoms with Gasteiger partial charge in [0.15, 0.2) is 11.5 Å². The van der Waals surface area contributed by atoms with E-state index in [2.05, 4.69) is 10.3 Å². The molecule has 122 valence electrons. The van der Waals surface area contributed by atoms with E-state index in [4.69, 9.17) is 9.47 Å². The molecule has 24 heavy (non-hydrogen) atoms. The van der Waals surface area contributed by atoms with E-state index in [9.17, 15) is 4.79 Å². The second-order valence-corrected chi connectivity index (χ2v) is 5.01. The number of hydrogen-bond acceptors (Lipinski definition) is 4. The molecule has 0 aliphatic rings. The number of carbonyl (C=O) groups excluding carboxylic acids is 1. The number of benzene rings is 2. The number of para-hydroxylation sites is 2. The number of amides is 1. The van der Waals surface area contributed by atoms with Gasteiger partial charge in [-0.1, -0.05) is 12.1 Å². The average molecular weight is 323 g/mol. The molecule has 0 unspecified atom stereocenters. The van der Waals surface area contributed by atoms with Crippen molar-refractivity contribution in [1.82, 2.24) is 9.55 Å². The predicted octanol–water partition coefficient (Wildman–Crippen LogP) is 3.14. The summed E-state index contributed by atoms with van der Waals surface area (Å²) in [5.74, 6) is 0.851. The number of nitrogens with zero attached hydrogens (tertiary/aromatic N) is 2. The fourth-order valence-electron chi connectivity index (χ4n) is 2.38. The van der Waals surface area contributed by atoms with Crippen LogP contribution in [0.2, 0.25) is 0 Å². The zero-order valence-corrected chi connectivity index (χ0v) is 13.4. The van der Waals surface area contributed by atoms with Crippen molar-refractivity contribution < 1.29 is 14.3 Å². The second-order valence-electron chi connectivity index (χ2n) is 5.01. The number of hydrogen-bond donors (Lipinski definition) is 1. The van der Waals surface area contributed by atoms with Crippen molar-refractivity contribution in [3.8, 4) is 17.2 Å². The quantitative estimate of drug-likeness (QED) is 0.783. The minimum atomic E-state index is -0.233. The fourth-order valence-corrected chi connectivity index (χ4v) is 2.38. The van der Waals surface area contributed by atoms with E-state index in [0.29, 0.717) is 22.7 Å². The lowest BCUT2D eigenvalue weighted by Gasteiger charge is -2.13. The van der Waals surface area contributed by atoms with Crippen LogP contribution in [0.25, 0.3) is 5.69 Å². The average Bonchev–Trinajstić information content (AvgIpc) is 3.16. The Balaban J connectivity index is 1.88. The maximum Gasteiger partial charge on any atom is 0.255 e. The summed E-state index contributed by atoms with van der Waals surface area (Å²) >= 11 is 0. The van der Waals surface area contributed by atoms with Crippen LogP contribution < -0.4 is 14.8 Å². The molecule has 0 atom stereocenters. The van der Waals surface area contributed by atoms with Gasteiger partial charge < -0.3 is 19.4 Å². The minimum Gasteiger partial charge on any atom is -0.493 e. The normalized spacial score (nSPS) is 10.2. The highest BCUT2D eigenvalue weighted by molar-refractivity contribution is 6.05. The lowest BCUT2D eigenvalue weighted by molar-refractivity contribution is 0.102. The van der Waals surface area contributed by atoms with Crippen molar-refractivity contribution >= 4 is 11.6 Å². The second kappa shape index (κ2) is 6.87. The van der Waals surface area contributed by atoms with Crippen LogP contribution in [0.3, 0.4) is 0 Å². The molecule has 6 nitrogen and oxygen atoms in total. The number of methoxy groups -OCH3 is 2. The first-order chi connectivity index (χ1) is 11.7. The van der Waals surface area contributed by atoms with Gasteiger partial charge in [0.05, 0.1) is 31.9 Å². The maximum absolute atomic E-state index is 12.6. The van der Waals surface area contributed by atoms with E-state index in [0.717, 1.165) is 5.69 Å². The molecule has 0 aliphatic carbocycles. The van der Waals surface area contributed by atoms with Gasteiger partial charge in [-0.25, -0.2) is 4.98 Å². The van der Waals surface area contributed by atoms with Crippen LogP contribution in [-0.4, -0.2) is 29.7 Å². The minimum absolute atomic E-state index is 0.233. The maximum atomic E-state index is 12.6. The molecule has 0 aliphatic heterocycles. The van der Waals surface area contributed by atoms with Crippen molar-refractivity contribution in [2.24, 2.45) is 0 Å². The number of anilines is 1. The Kier molecular flexibility index (Phi) is 4.47. The molecule has 0 fully saturated rings. The smallest absolute Gasteiger partial charge is 0.255 e. The Labute approximate surface area is 139 Å². The first kappa shape index (κ1) is 15.6. The number of ether oxygens (including phenoxy) is 2. The summed E-state index contributed by atoms with van der Waals surface area (Å²) in [5.41, 5.74) is 2.01. The van der Waals surface area contributed by atoms with Crippen LogP contribution in [-0.2, 0) is 0 Å². The molecule has 0 spiro atoms. The lowest BCUT2D eigenvalue weighted by atomic mass is 10.1. The summed E-state index contributed by atoms with van der Waals surface area (Å²) in [4.78, 5) is 16.6. The standard InChI is InChI=1S/C18H17N3O3/c1-23-16-8-7-13(11-17(16)24-2)18(22)20-14-5-3-4-6-15(14)21-10-9-19-12-21/h3-12H,1-2H3,(H,20,22). The van der Waals surface area contributed by atoms with Crippen molar-refractivity contribution in [3.05, 3.63) is 66.7 Å². The van der Waals surface area contributed by atoms with Crippen LogP contribution in [0.4, 0.5) is 5.69 Å². The molecule has 3 rings (SSSR count). The molecular formula is C18H17N3O3. The van der Waals surface area contributed by atoms with E-state index in [1.807, 2.05) is 35.0 Å². The third-order valence-corrected chi connectivity index (χ3v) is 3.58. The van der Waals surface area contributed by atoms with E-state index in [1.54, 1.807) is 37.8 Å². The van der Waals surface area contributed by atoms with Crippen LogP contribution >= 0.6 is 0 Å². The first-order valence-electron chi connectivity index (χ1n) is 7.33. The Morgan fingerprint density at radius 2 is 1.88 bits per heavy atom. The van der Waals surface area contributed by atoms with E-state index in [1.165, 1.54) is 7.11 Å². The van der Waals surface area contributed by atoms with Gasteiger partial charge in [0, 0.05) is 18.0 Å². The van der Waals surface area contributed by atoms with Crippen LogP contribution in [0, 0.1) is 0 Å². The molecule has 0 saturated heterocycles. The Hall–Kier alpha value is -3.28. The predicted molar refractivity (Wildman–Crippen MR) is 91.1 cm³/mol. The summed E-state index contributed by atoms with van der Waals surface area (Å²) in [7, 11) is 3.09. The van der Waals surface area contributed by atoms with E-state index >= 15 is 0 Å². The highest BCUT2D eigenvalue weighted by Crippen LogP contribution is 2.28. The van der Waals surface area contributed by atoms with Crippen molar-refractivity contribution in [1.29, 1.82) is 0 Å². The number of carbonyl (C=O) groups is 1. The van der Waals surface area contributed by atoms with Gasteiger partial charge in [0.25, 0.3) is 5.91 Å². The molecule has 0 bridgehead atoms. The van der Waals surface area contributed by atoms with E-state index in [-0.39, 0.29) is 5.91 Å². The molecule has 6 heteroatoms. The summed E-state index contributed by atoms with van der Waals surface area (Å²) in [6.45, 7) is 0. The van der Waals surface area contributed by atoms with Crippen molar-refractivity contribution in [3.63, 3.8) is 0 Å². The largest absolute Gasteiger partial charge is 0.493 e. The highest BCUT2D eigenvalue weighted by atomic mass is 16.5. The summed E-state index contributed by atoms with van der Waals surface area (Å²) in [6, 6.07) is 12.6. The number of imidazole rings is 1.